The summed E-state index contributed by atoms with van der Waals surface area (Å²) in [5, 5.41) is 8.86. The third-order valence-electron chi connectivity index (χ3n) is 2.35. The van der Waals surface area contributed by atoms with Gasteiger partial charge in [-0.2, -0.15) is 10.2 Å². The number of imidazole rings is 1. The number of rotatable bonds is 1. The molecule has 0 unspecified atom stereocenters. The Morgan fingerprint density at radius 3 is 3.12 bits per heavy atom. The molecule has 1 aromatic carbocycles. The first-order valence-corrected chi connectivity index (χ1v) is 4.88. The molecule has 17 heavy (non-hydrogen) atoms. The van der Waals surface area contributed by atoms with Gasteiger partial charge >= 0.3 is 6.01 Å². The number of hydrogen-bond acceptors (Lipinski definition) is 5. The number of hydrogen-bond donors (Lipinski definition) is 1. The average molecular weight is 225 g/mol. The predicted molar refractivity (Wildman–Crippen MR) is 60.3 cm³/mol. The Kier molecular flexibility index (Phi) is 1.86. The smallest absolute Gasteiger partial charge is 0.309 e. The van der Waals surface area contributed by atoms with Crippen molar-refractivity contribution in [2.75, 3.05) is 5.73 Å². The van der Waals surface area contributed by atoms with Crippen molar-refractivity contribution in [3.63, 3.8) is 0 Å². The molecule has 2 N–H and O–H groups in total. The fourth-order valence-electron chi connectivity index (χ4n) is 1.57. The molecule has 0 bridgehead atoms. The lowest BCUT2D eigenvalue weighted by atomic mass is 10.3. The molecule has 0 atom stereocenters. The molecule has 0 saturated heterocycles. The summed E-state index contributed by atoms with van der Waals surface area (Å²) in [6, 6.07) is 7.46. The number of nitrogens with two attached hydrogens (primary N) is 1. The van der Waals surface area contributed by atoms with Crippen LogP contribution >= 0.6 is 0 Å². The highest BCUT2D eigenvalue weighted by molar-refractivity contribution is 5.77. The van der Waals surface area contributed by atoms with Crippen molar-refractivity contribution in [1.82, 2.24) is 14.5 Å². The van der Waals surface area contributed by atoms with Crippen molar-refractivity contribution < 1.29 is 4.42 Å². The van der Waals surface area contributed by atoms with Crippen LogP contribution in [0, 0.1) is 11.3 Å². The topological polar surface area (TPSA) is 93.7 Å². The first kappa shape index (κ1) is 9.42. The van der Waals surface area contributed by atoms with Crippen molar-refractivity contribution in [3.05, 3.63) is 36.4 Å². The molecule has 0 aliphatic carbocycles. The molecule has 0 saturated carbocycles. The first-order chi connectivity index (χ1) is 8.28. The van der Waals surface area contributed by atoms with E-state index in [1.165, 1.54) is 10.8 Å². The van der Waals surface area contributed by atoms with Gasteiger partial charge in [-0.1, -0.05) is 0 Å². The number of fused-ring (bicyclic) bond motifs is 1. The Balaban J connectivity index is 2.22. The summed E-state index contributed by atoms with van der Waals surface area (Å²) < 4.78 is 7.00. The molecule has 2 aromatic heterocycles. The normalized spacial score (nSPS) is 10.5. The minimum absolute atomic E-state index is 0.226. The van der Waals surface area contributed by atoms with Gasteiger partial charge in [0.05, 0.1) is 0 Å². The van der Waals surface area contributed by atoms with Crippen molar-refractivity contribution in [1.29, 1.82) is 5.26 Å². The summed E-state index contributed by atoms with van der Waals surface area (Å²) in [4.78, 5) is 8.13. The number of aromatic nitrogens is 3. The molecule has 0 amide bonds. The first-order valence-electron chi connectivity index (χ1n) is 4.88. The van der Waals surface area contributed by atoms with Crippen LogP contribution in [0.3, 0.4) is 0 Å². The number of nitriles is 1. The summed E-state index contributed by atoms with van der Waals surface area (Å²) >= 11 is 0. The van der Waals surface area contributed by atoms with Gasteiger partial charge < -0.3 is 10.2 Å². The van der Waals surface area contributed by atoms with Crippen LogP contribution in [-0.2, 0) is 0 Å². The van der Waals surface area contributed by atoms with Crippen molar-refractivity contribution in [3.8, 4) is 12.1 Å². The zero-order chi connectivity index (χ0) is 11.8. The van der Waals surface area contributed by atoms with Gasteiger partial charge in [0.25, 0.3) is 0 Å². The SMILES string of the molecule is N#Cc1nccn1-c1nc2ccc(N)cc2o1. The Hall–Kier alpha value is -2.81. The second-order valence-corrected chi connectivity index (χ2v) is 3.46. The number of benzene rings is 1. The zero-order valence-electron chi connectivity index (χ0n) is 8.66. The van der Waals surface area contributed by atoms with Crippen LogP contribution in [0.1, 0.15) is 5.82 Å². The van der Waals surface area contributed by atoms with E-state index in [2.05, 4.69) is 9.97 Å². The summed E-state index contributed by atoms with van der Waals surface area (Å²) in [5.41, 5.74) is 7.52. The number of oxazole rings is 1. The largest absolute Gasteiger partial charge is 0.423 e. The second-order valence-electron chi connectivity index (χ2n) is 3.46. The third kappa shape index (κ3) is 1.41. The standard InChI is InChI=1S/C11H7N5O/c12-6-10-14-3-4-16(10)11-15-8-2-1-7(13)5-9(8)17-11/h1-5H,13H2. The maximum absolute atomic E-state index is 8.86. The molecule has 3 rings (SSSR count). The van der Waals surface area contributed by atoms with E-state index < -0.39 is 0 Å². The molecule has 0 aliphatic heterocycles. The molecule has 3 aromatic rings. The minimum Gasteiger partial charge on any atom is -0.423 e. The monoisotopic (exact) mass is 225 g/mol. The maximum Gasteiger partial charge on any atom is 0.309 e. The highest BCUT2D eigenvalue weighted by Crippen LogP contribution is 2.21. The molecule has 0 fully saturated rings. The fraction of sp³-hybridized carbons (Fsp3) is 0. The molecular weight excluding hydrogens is 218 g/mol. The molecule has 6 nitrogen and oxygen atoms in total. The van der Waals surface area contributed by atoms with Gasteiger partial charge in [0.15, 0.2) is 5.58 Å². The van der Waals surface area contributed by atoms with Crippen molar-refractivity contribution >= 4 is 16.8 Å². The lowest BCUT2D eigenvalue weighted by Gasteiger charge is -1.93. The minimum atomic E-state index is 0.226. The molecule has 6 heteroatoms. The number of anilines is 1. The van der Waals surface area contributed by atoms with Crippen LogP contribution in [0.5, 0.6) is 0 Å². The van der Waals surface area contributed by atoms with E-state index in [4.69, 9.17) is 15.4 Å². The van der Waals surface area contributed by atoms with Gasteiger partial charge in [-0.3, -0.25) is 0 Å². The van der Waals surface area contributed by atoms with E-state index >= 15 is 0 Å². The fourth-order valence-corrected chi connectivity index (χ4v) is 1.57. The molecule has 0 spiro atoms. The van der Waals surface area contributed by atoms with E-state index in [1.807, 2.05) is 6.07 Å². The van der Waals surface area contributed by atoms with Crippen LogP contribution in [0.15, 0.2) is 35.0 Å². The quantitative estimate of drug-likeness (QED) is 0.633. The van der Waals surface area contributed by atoms with E-state index in [0.717, 1.165) is 0 Å². The third-order valence-corrected chi connectivity index (χ3v) is 2.35. The lowest BCUT2D eigenvalue weighted by Crippen LogP contribution is -1.95. The Bertz CT molecular complexity index is 734. The van der Waals surface area contributed by atoms with Gasteiger partial charge in [-0.25, -0.2) is 9.55 Å². The molecule has 0 radical (unpaired) electrons. The van der Waals surface area contributed by atoms with Gasteiger partial charge in [0, 0.05) is 24.1 Å². The van der Waals surface area contributed by atoms with Gasteiger partial charge in [-0.15, -0.1) is 0 Å². The lowest BCUT2D eigenvalue weighted by molar-refractivity contribution is 0.562. The van der Waals surface area contributed by atoms with Crippen molar-refractivity contribution in [2.45, 2.75) is 0 Å². The Morgan fingerprint density at radius 1 is 1.41 bits per heavy atom. The summed E-state index contributed by atoms with van der Waals surface area (Å²) in [6.45, 7) is 0. The molecule has 82 valence electrons. The number of nitrogens with zero attached hydrogens (tertiary/aromatic N) is 4. The second kappa shape index (κ2) is 3.35. The Morgan fingerprint density at radius 2 is 2.29 bits per heavy atom. The zero-order valence-corrected chi connectivity index (χ0v) is 8.66. The highest BCUT2D eigenvalue weighted by Gasteiger charge is 2.11. The van der Waals surface area contributed by atoms with Crippen LogP contribution in [-0.4, -0.2) is 14.5 Å². The van der Waals surface area contributed by atoms with E-state index in [1.54, 1.807) is 24.4 Å². The summed E-state index contributed by atoms with van der Waals surface area (Å²) in [6.07, 6.45) is 3.13. The predicted octanol–water partition coefficient (Wildman–Crippen LogP) is 1.47. The van der Waals surface area contributed by atoms with E-state index in [0.29, 0.717) is 22.8 Å². The average Bonchev–Trinajstić information content (AvgIpc) is 2.93. The van der Waals surface area contributed by atoms with Crippen LogP contribution in [0.2, 0.25) is 0 Å². The van der Waals surface area contributed by atoms with Gasteiger partial charge in [0.1, 0.15) is 11.6 Å². The van der Waals surface area contributed by atoms with E-state index in [9.17, 15) is 0 Å². The Labute approximate surface area is 95.9 Å². The van der Waals surface area contributed by atoms with Gasteiger partial charge in [-0.05, 0) is 12.1 Å². The van der Waals surface area contributed by atoms with Crippen LogP contribution < -0.4 is 5.73 Å². The van der Waals surface area contributed by atoms with Crippen LogP contribution in [0.25, 0.3) is 17.1 Å². The van der Waals surface area contributed by atoms with E-state index in [-0.39, 0.29) is 5.82 Å². The molecule has 0 aliphatic rings. The highest BCUT2D eigenvalue weighted by atomic mass is 16.4. The molecular formula is C11H7N5O. The number of nitrogen functional groups attached to an aromatic ring is 1. The van der Waals surface area contributed by atoms with Crippen molar-refractivity contribution in [2.24, 2.45) is 0 Å². The maximum atomic E-state index is 8.86. The van der Waals surface area contributed by atoms with Gasteiger partial charge in [0.2, 0.25) is 5.82 Å². The molecule has 2 heterocycles. The summed E-state index contributed by atoms with van der Waals surface area (Å²) in [5.74, 6) is 0.226. The van der Waals surface area contributed by atoms with Crippen LogP contribution in [0.4, 0.5) is 5.69 Å². The summed E-state index contributed by atoms with van der Waals surface area (Å²) in [7, 11) is 0.